The van der Waals surface area contributed by atoms with E-state index in [0.717, 1.165) is 5.69 Å². The number of aryl methyl sites for hydroxylation is 1. The molecule has 2 aromatic rings. The molecule has 0 aliphatic heterocycles. The van der Waals surface area contributed by atoms with Crippen LogP contribution < -0.4 is 10.2 Å². The van der Waals surface area contributed by atoms with Gasteiger partial charge in [-0.25, -0.2) is 0 Å². The monoisotopic (exact) mass is 245 g/mol. The highest BCUT2D eigenvalue weighted by Gasteiger charge is 2.15. The van der Waals surface area contributed by atoms with Crippen LogP contribution in [0.5, 0.6) is 0 Å². The molecule has 1 atom stereocenters. The van der Waals surface area contributed by atoms with Crippen LogP contribution >= 0.6 is 0 Å². The number of hydrogen-bond donors (Lipinski definition) is 1. The second-order valence-electron chi connectivity index (χ2n) is 4.49. The van der Waals surface area contributed by atoms with Crippen molar-refractivity contribution in [3.8, 4) is 0 Å². The summed E-state index contributed by atoms with van der Waals surface area (Å²) in [5, 5.41) is 11.2. The average Bonchev–Trinajstić information content (AvgIpc) is 2.78. The maximum absolute atomic E-state index is 3.98. The highest BCUT2D eigenvalue weighted by molar-refractivity contribution is 5.47. The molecule has 0 spiro atoms. The van der Waals surface area contributed by atoms with Gasteiger partial charge in [-0.2, -0.15) is 0 Å². The molecule has 0 fully saturated rings. The van der Waals surface area contributed by atoms with Crippen LogP contribution in [0.4, 0.5) is 5.69 Å². The van der Waals surface area contributed by atoms with Crippen LogP contribution in [-0.2, 0) is 7.05 Å². The minimum Gasteiger partial charge on any atom is -0.378 e. The van der Waals surface area contributed by atoms with E-state index in [1.165, 1.54) is 11.3 Å². The Morgan fingerprint density at radius 2 is 1.89 bits per heavy atom. The number of hydrogen-bond acceptors (Lipinski definition) is 4. The zero-order chi connectivity index (χ0) is 13.1. The minimum absolute atomic E-state index is 0.112. The molecule has 0 bridgehead atoms. The van der Waals surface area contributed by atoms with Gasteiger partial charge in [-0.05, 0) is 24.7 Å². The quantitative estimate of drug-likeness (QED) is 0.879. The van der Waals surface area contributed by atoms with Crippen molar-refractivity contribution in [2.75, 3.05) is 26.0 Å². The maximum atomic E-state index is 3.98. The molecule has 0 saturated carbocycles. The minimum atomic E-state index is 0.112. The van der Waals surface area contributed by atoms with Crippen LogP contribution in [0.3, 0.4) is 0 Å². The van der Waals surface area contributed by atoms with E-state index in [1.54, 1.807) is 10.9 Å². The molecule has 96 valence electrons. The van der Waals surface area contributed by atoms with Gasteiger partial charge < -0.3 is 10.2 Å². The van der Waals surface area contributed by atoms with Gasteiger partial charge in [0, 0.05) is 26.8 Å². The molecule has 1 aromatic heterocycles. The highest BCUT2D eigenvalue weighted by atomic mass is 15.4. The molecule has 0 radical (unpaired) electrons. The highest BCUT2D eigenvalue weighted by Crippen LogP contribution is 2.22. The van der Waals surface area contributed by atoms with Crippen LogP contribution in [0.15, 0.2) is 30.5 Å². The molecule has 0 aliphatic carbocycles. The van der Waals surface area contributed by atoms with E-state index >= 15 is 0 Å². The molecule has 0 aliphatic rings. The van der Waals surface area contributed by atoms with E-state index in [1.807, 2.05) is 28.2 Å². The molecule has 5 nitrogen and oxygen atoms in total. The lowest BCUT2D eigenvalue weighted by atomic mass is 10.0. The second kappa shape index (κ2) is 5.18. The Morgan fingerprint density at radius 1 is 1.22 bits per heavy atom. The van der Waals surface area contributed by atoms with E-state index in [9.17, 15) is 0 Å². The first-order valence-corrected chi connectivity index (χ1v) is 5.92. The van der Waals surface area contributed by atoms with Crippen LogP contribution in [0.1, 0.15) is 17.3 Å². The number of anilines is 1. The number of nitrogens with zero attached hydrogens (tertiary/aromatic N) is 4. The van der Waals surface area contributed by atoms with Gasteiger partial charge in [0.15, 0.2) is 0 Å². The van der Waals surface area contributed by atoms with E-state index in [0.29, 0.717) is 0 Å². The standard InChI is InChI=1S/C13H19N5/c1-14-13(12-9-15-16-18(12)4)10-5-7-11(8-6-10)17(2)3/h5-9,13-14H,1-4H3. The number of benzene rings is 1. The van der Waals surface area contributed by atoms with Gasteiger partial charge in [-0.3, -0.25) is 4.68 Å². The second-order valence-corrected chi connectivity index (χ2v) is 4.49. The third-order valence-corrected chi connectivity index (χ3v) is 3.08. The SMILES string of the molecule is CNC(c1ccc(N(C)C)cc1)c1cnnn1C. The van der Waals surface area contributed by atoms with Crippen molar-refractivity contribution >= 4 is 5.69 Å². The third kappa shape index (κ3) is 2.36. The third-order valence-electron chi connectivity index (χ3n) is 3.08. The van der Waals surface area contributed by atoms with E-state index in [-0.39, 0.29) is 6.04 Å². The predicted octanol–water partition coefficient (Wildman–Crippen LogP) is 1.19. The Morgan fingerprint density at radius 3 is 2.33 bits per heavy atom. The number of nitrogens with one attached hydrogen (secondary N) is 1. The van der Waals surface area contributed by atoms with Crippen molar-refractivity contribution in [3.63, 3.8) is 0 Å². The fourth-order valence-corrected chi connectivity index (χ4v) is 2.01. The van der Waals surface area contributed by atoms with Gasteiger partial charge in [-0.1, -0.05) is 17.3 Å². The van der Waals surface area contributed by atoms with Crippen molar-refractivity contribution in [2.45, 2.75) is 6.04 Å². The fourth-order valence-electron chi connectivity index (χ4n) is 2.01. The summed E-state index contributed by atoms with van der Waals surface area (Å²) in [6, 6.07) is 8.60. The van der Waals surface area contributed by atoms with Gasteiger partial charge in [0.05, 0.1) is 17.9 Å². The van der Waals surface area contributed by atoms with Crippen LogP contribution in [0.2, 0.25) is 0 Å². The summed E-state index contributed by atoms with van der Waals surface area (Å²) < 4.78 is 1.79. The summed E-state index contributed by atoms with van der Waals surface area (Å²) in [7, 11) is 7.92. The maximum Gasteiger partial charge on any atom is 0.0798 e. The smallest absolute Gasteiger partial charge is 0.0798 e. The first kappa shape index (κ1) is 12.6. The Labute approximate surface area is 107 Å². The molecule has 2 rings (SSSR count). The molecule has 1 aromatic carbocycles. The van der Waals surface area contributed by atoms with Crippen LogP contribution in [0, 0.1) is 0 Å². The normalized spacial score (nSPS) is 12.4. The molecule has 0 saturated heterocycles. The molecular formula is C13H19N5. The van der Waals surface area contributed by atoms with Crippen molar-refractivity contribution in [1.29, 1.82) is 0 Å². The van der Waals surface area contributed by atoms with Gasteiger partial charge in [-0.15, -0.1) is 5.10 Å². The van der Waals surface area contributed by atoms with Crippen molar-refractivity contribution in [3.05, 3.63) is 41.7 Å². The first-order chi connectivity index (χ1) is 8.63. The lowest BCUT2D eigenvalue weighted by Gasteiger charge is -2.18. The summed E-state index contributed by atoms with van der Waals surface area (Å²) in [5.74, 6) is 0. The molecule has 1 N–H and O–H groups in total. The molecule has 1 heterocycles. The van der Waals surface area contributed by atoms with Gasteiger partial charge in [0.2, 0.25) is 0 Å². The van der Waals surface area contributed by atoms with Crippen molar-refractivity contribution in [1.82, 2.24) is 20.3 Å². The Hall–Kier alpha value is -1.88. The van der Waals surface area contributed by atoms with Gasteiger partial charge in [0.25, 0.3) is 0 Å². The largest absolute Gasteiger partial charge is 0.378 e. The zero-order valence-electron chi connectivity index (χ0n) is 11.3. The van der Waals surface area contributed by atoms with Crippen molar-refractivity contribution in [2.24, 2.45) is 7.05 Å². The van der Waals surface area contributed by atoms with E-state index in [4.69, 9.17) is 0 Å². The zero-order valence-corrected chi connectivity index (χ0v) is 11.3. The van der Waals surface area contributed by atoms with E-state index < -0.39 is 0 Å². The molecule has 5 heteroatoms. The summed E-state index contributed by atoms with van der Waals surface area (Å²) in [6.07, 6.45) is 1.79. The summed E-state index contributed by atoms with van der Waals surface area (Å²) in [6.45, 7) is 0. The van der Waals surface area contributed by atoms with E-state index in [2.05, 4.69) is 44.8 Å². The summed E-state index contributed by atoms with van der Waals surface area (Å²) in [4.78, 5) is 2.09. The van der Waals surface area contributed by atoms with Gasteiger partial charge >= 0.3 is 0 Å². The van der Waals surface area contributed by atoms with Crippen LogP contribution in [0.25, 0.3) is 0 Å². The fraction of sp³-hybridized carbons (Fsp3) is 0.385. The molecule has 0 amide bonds. The molecular weight excluding hydrogens is 226 g/mol. The Bertz CT molecular complexity index is 500. The molecule has 1 unspecified atom stereocenters. The van der Waals surface area contributed by atoms with Crippen molar-refractivity contribution < 1.29 is 0 Å². The van der Waals surface area contributed by atoms with Crippen LogP contribution in [-0.4, -0.2) is 36.1 Å². The molecule has 18 heavy (non-hydrogen) atoms. The number of rotatable bonds is 4. The predicted molar refractivity (Wildman–Crippen MR) is 72.7 cm³/mol. The average molecular weight is 245 g/mol. The number of aromatic nitrogens is 3. The Balaban J connectivity index is 2.31. The van der Waals surface area contributed by atoms with Gasteiger partial charge in [0.1, 0.15) is 0 Å². The summed E-state index contributed by atoms with van der Waals surface area (Å²) >= 11 is 0. The lowest BCUT2D eigenvalue weighted by molar-refractivity contribution is 0.598. The Kier molecular flexibility index (Phi) is 3.62. The summed E-state index contributed by atoms with van der Waals surface area (Å²) in [5.41, 5.74) is 3.44. The topological polar surface area (TPSA) is 46.0 Å². The lowest BCUT2D eigenvalue weighted by Crippen LogP contribution is -2.20. The first-order valence-electron chi connectivity index (χ1n) is 5.92.